The highest BCUT2D eigenvalue weighted by Crippen LogP contribution is 2.32. The summed E-state index contributed by atoms with van der Waals surface area (Å²) in [5, 5.41) is 24.0. The van der Waals surface area contributed by atoms with Crippen LogP contribution in [0.15, 0.2) is 42.3 Å². The number of nitrogens with one attached hydrogen (secondary N) is 1. The molecule has 7 heteroatoms. The molecule has 158 valence electrons. The Morgan fingerprint density at radius 3 is 2.69 bits per heavy atom. The van der Waals surface area contributed by atoms with E-state index < -0.39 is 12.2 Å². The van der Waals surface area contributed by atoms with Gasteiger partial charge in [0.1, 0.15) is 29.6 Å². The number of halogens is 2. The Hall–Kier alpha value is -1.80. The van der Waals surface area contributed by atoms with Crippen molar-refractivity contribution in [2.24, 2.45) is 5.92 Å². The summed E-state index contributed by atoms with van der Waals surface area (Å²) in [6.07, 6.45) is 5.01. The summed E-state index contributed by atoms with van der Waals surface area (Å²) < 4.78 is 38.3. The molecule has 1 aromatic carbocycles. The van der Waals surface area contributed by atoms with Crippen LogP contribution in [0.25, 0.3) is 0 Å². The molecule has 1 saturated heterocycles. The molecule has 2 unspecified atom stereocenters. The molecular weight excluding hydrogens is 380 g/mol. The molecule has 4 rings (SSSR count). The molecule has 5 nitrogen and oxygen atoms in total. The minimum absolute atomic E-state index is 0.0260. The van der Waals surface area contributed by atoms with Gasteiger partial charge in [-0.2, -0.15) is 0 Å². The van der Waals surface area contributed by atoms with E-state index in [0.29, 0.717) is 25.0 Å². The second-order valence-electron chi connectivity index (χ2n) is 8.03. The summed E-state index contributed by atoms with van der Waals surface area (Å²) in [4.78, 5) is 0. The normalized spacial score (nSPS) is 30.6. The van der Waals surface area contributed by atoms with E-state index in [-0.39, 0.29) is 49.0 Å². The van der Waals surface area contributed by atoms with E-state index in [0.717, 1.165) is 12.0 Å². The zero-order valence-electron chi connectivity index (χ0n) is 16.1. The van der Waals surface area contributed by atoms with Crippen molar-refractivity contribution in [2.75, 3.05) is 13.1 Å². The average Bonchev–Trinajstić information content (AvgIpc) is 2.72. The quantitative estimate of drug-likeness (QED) is 0.676. The number of hydrogen-bond donors (Lipinski definition) is 3. The maximum atomic E-state index is 13.3. The molecule has 0 aromatic heterocycles. The largest absolute Gasteiger partial charge is 0.487 e. The summed E-state index contributed by atoms with van der Waals surface area (Å²) in [5.41, 5.74) is 0.816. The van der Waals surface area contributed by atoms with Gasteiger partial charge in [0.25, 0.3) is 0 Å². The van der Waals surface area contributed by atoms with E-state index in [1.165, 1.54) is 18.2 Å². The third-order valence-corrected chi connectivity index (χ3v) is 5.92. The Balaban J connectivity index is 1.21. The zero-order valence-corrected chi connectivity index (χ0v) is 16.1. The van der Waals surface area contributed by atoms with Crippen molar-refractivity contribution in [3.8, 4) is 5.75 Å². The lowest BCUT2D eigenvalue weighted by molar-refractivity contribution is -0.103. The molecule has 1 aromatic rings. The molecule has 2 heterocycles. The molecule has 0 amide bonds. The number of rotatable bonds is 6. The van der Waals surface area contributed by atoms with Gasteiger partial charge >= 0.3 is 0 Å². The third-order valence-electron chi connectivity index (χ3n) is 5.92. The number of hydrogen-bond acceptors (Lipinski definition) is 5. The van der Waals surface area contributed by atoms with Crippen LogP contribution in [0.1, 0.15) is 24.8 Å². The number of ether oxygens (including phenoxy) is 2. The van der Waals surface area contributed by atoms with Crippen molar-refractivity contribution >= 4 is 0 Å². The fraction of sp³-hybridized carbons (Fsp3) is 0.545. The molecule has 0 saturated carbocycles. The molecule has 0 spiro atoms. The summed E-state index contributed by atoms with van der Waals surface area (Å²) in [6.45, 7) is 0.548. The molecule has 6 atom stereocenters. The monoisotopic (exact) mass is 407 g/mol. The van der Waals surface area contributed by atoms with Crippen LogP contribution < -0.4 is 10.1 Å². The van der Waals surface area contributed by atoms with E-state index in [4.69, 9.17) is 9.47 Å². The van der Waals surface area contributed by atoms with E-state index in [2.05, 4.69) is 5.32 Å². The summed E-state index contributed by atoms with van der Waals surface area (Å²) in [6, 6.07) is 4.41. The van der Waals surface area contributed by atoms with Crippen LogP contribution >= 0.6 is 0 Å². The number of aryl methyl sites for hydroxylation is 1. The van der Waals surface area contributed by atoms with Gasteiger partial charge in [-0.25, -0.2) is 8.78 Å². The van der Waals surface area contributed by atoms with Crippen LogP contribution in [-0.2, 0) is 11.2 Å². The molecule has 0 radical (unpaired) electrons. The van der Waals surface area contributed by atoms with Gasteiger partial charge in [0.2, 0.25) is 0 Å². The van der Waals surface area contributed by atoms with Gasteiger partial charge in [-0.15, -0.1) is 0 Å². The second kappa shape index (κ2) is 8.92. The second-order valence-corrected chi connectivity index (χ2v) is 8.03. The Kier molecular flexibility index (Phi) is 6.29. The lowest BCUT2D eigenvalue weighted by atomic mass is 9.87. The maximum Gasteiger partial charge on any atom is 0.126 e. The Labute approximate surface area is 169 Å². The first-order chi connectivity index (χ1) is 14.0. The van der Waals surface area contributed by atoms with E-state index in [1.807, 2.05) is 0 Å². The topological polar surface area (TPSA) is 71.0 Å². The fourth-order valence-electron chi connectivity index (χ4n) is 4.28. The molecule has 29 heavy (non-hydrogen) atoms. The molecule has 1 aliphatic carbocycles. The highest BCUT2D eigenvalue weighted by atomic mass is 19.1. The Morgan fingerprint density at radius 2 is 1.86 bits per heavy atom. The van der Waals surface area contributed by atoms with Gasteiger partial charge in [-0.05, 0) is 61.6 Å². The van der Waals surface area contributed by atoms with Crippen molar-refractivity contribution in [3.05, 3.63) is 53.6 Å². The summed E-state index contributed by atoms with van der Waals surface area (Å²) in [5.74, 6) is 0.112. The lowest BCUT2D eigenvalue weighted by Crippen LogP contribution is -2.47. The van der Waals surface area contributed by atoms with Crippen LogP contribution in [0.4, 0.5) is 8.78 Å². The highest BCUT2D eigenvalue weighted by molar-refractivity contribution is 5.36. The van der Waals surface area contributed by atoms with Crippen LogP contribution in [0, 0.1) is 11.7 Å². The van der Waals surface area contributed by atoms with Crippen molar-refractivity contribution in [1.82, 2.24) is 5.32 Å². The molecule has 3 N–H and O–H groups in total. The van der Waals surface area contributed by atoms with Crippen LogP contribution in [0.3, 0.4) is 0 Å². The predicted octanol–water partition coefficient (Wildman–Crippen LogP) is 2.42. The Morgan fingerprint density at radius 1 is 1.07 bits per heavy atom. The van der Waals surface area contributed by atoms with Gasteiger partial charge in [0.15, 0.2) is 0 Å². The first-order valence-corrected chi connectivity index (χ1v) is 10.2. The van der Waals surface area contributed by atoms with Crippen molar-refractivity contribution in [3.63, 3.8) is 0 Å². The molecule has 1 fully saturated rings. The zero-order chi connectivity index (χ0) is 20.4. The average molecular weight is 407 g/mol. The fourth-order valence-corrected chi connectivity index (χ4v) is 4.28. The van der Waals surface area contributed by atoms with Gasteiger partial charge < -0.3 is 25.0 Å². The smallest absolute Gasteiger partial charge is 0.126 e. The first kappa shape index (κ1) is 20.5. The lowest BCUT2D eigenvalue weighted by Gasteiger charge is -2.37. The number of aliphatic hydroxyl groups excluding tert-OH is 2. The van der Waals surface area contributed by atoms with Crippen molar-refractivity contribution in [1.29, 1.82) is 0 Å². The Bertz CT molecular complexity index is 784. The van der Waals surface area contributed by atoms with E-state index in [9.17, 15) is 19.0 Å². The van der Waals surface area contributed by atoms with Crippen molar-refractivity contribution < 1.29 is 28.5 Å². The first-order valence-electron chi connectivity index (χ1n) is 10.2. The van der Waals surface area contributed by atoms with Crippen LogP contribution in [-0.4, -0.2) is 53.8 Å². The maximum absolute atomic E-state index is 13.3. The number of aliphatic hydroxyl groups is 2. The minimum Gasteiger partial charge on any atom is -0.487 e. The van der Waals surface area contributed by atoms with Gasteiger partial charge in [0, 0.05) is 19.0 Å². The van der Waals surface area contributed by atoms with E-state index in [1.54, 1.807) is 18.2 Å². The molecule has 0 bridgehead atoms. The molecule has 2 aliphatic heterocycles. The van der Waals surface area contributed by atoms with Crippen LogP contribution in [0.2, 0.25) is 0 Å². The van der Waals surface area contributed by atoms with Crippen LogP contribution in [0.5, 0.6) is 5.75 Å². The van der Waals surface area contributed by atoms with Crippen molar-refractivity contribution in [2.45, 2.75) is 56.2 Å². The number of fused-ring (bicyclic) bond motifs is 2. The van der Waals surface area contributed by atoms with Gasteiger partial charge in [-0.1, -0.05) is 6.08 Å². The number of allylic oxidation sites excluding steroid dienone is 2. The highest BCUT2D eigenvalue weighted by Gasteiger charge is 2.34. The summed E-state index contributed by atoms with van der Waals surface area (Å²) in [7, 11) is 0. The minimum atomic E-state index is -0.744. The molecule has 3 aliphatic rings. The molecular formula is C22H27F2NO4. The van der Waals surface area contributed by atoms with E-state index >= 15 is 0 Å². The third kappa shape index (κ3) is 4.86. The van der Waals surface area contributed by atoms with Gasteiger partial charge in [-0.3, -0.25) is 0 Å². The number of benzene rings is 1. The SMILES string of the molecule is O[C@H](CNC[C@H](O)[C@@H]1CCC2C=C(F)C=CC2O1)[C@@H]1CCc2cc(F)ccc2O1. The van der Waals surface area contributed by atoms with Gasteiger partial charge in [0.05, 0.1) is 18.3 Å². The predicted molar refractivity (Wildman–Crippen MR) is 104 cm³/mol. The summed E-state index contributed by atoms with van der Waals surface area (Å²) >= 11 is 0. The standard InChI is InChI=1S/C22H27F2NO4/c23-15-3-7-19-13(9-15)1-5-21(28-19)17(26)11-25-12-18(27)22-6-2-14-10-16(24)4-8-20(14)29-22/h3-4,7-10,13,17-19,21-22,25-27H,1-2,5-6,11-12H2/t13?,17-,18+,19?,21-,22-/m0/s1.